The van der Waals surface area contributed by atoms with Gasteiger partial charge in [0.1, 0.15) is 0 Å². The molecule has 1 unspecified atom stereocenters. The number of hydrogen-bond acceptors (Lipinski definition) is 3. The summed E-state index contributed by atoms with van der Waals surface area (Å²) in [7, 11) is 0. The van der Waals surface area contributed by atoms with Gasteiger partial charge >= 0.3 is 0 Å². The summed E-state index contributed by atoms with van der Waals surface area (Å²) in [5.74, 6) is 0.122. The van der Waals surface area contributed by atoms with Gasteiger partial charge in [-0.1, -0.05) is 26.0 Å². The largest absolute Gasteiger partial charge is 0.394 e. The Hall–Kier alpha value is -2.14. The van der Waals surface area contributed by atoms with Crippen LogP contribution >= 0.6 is 0 Å². The van der Waals surface area contributed by atoms with Crippen molar-refractivity contribution >= 4 is 17.9 Å². The highest BCUT2D eigenvalue weighted by Crippen LogP contribution is 2.19. The molecule has 130 valence electrons. The third-order valence-electron chi connectivity index (χ3n) is 3.84. The topological polar surface area (TPSA) is 78.4 Å². The van der Waals surface area contributed by atoms with Gasteiger partial charge < -0.3 is 15.7 Å². The third-order valence-corrected chi connectivity index (χ3v) is 3.84. The molecule has 1 fully saturated rings. The van der Waals surface area contributed by atoms with Crippen molar-refractivity contribution in [1.29, 1.82) is 0 Å². The van der Waals surface area contributed by atoms with Crippen molar-refractivity contribution in [3.63, 3.8) is 0 Å². The highest BCUT2D eigenvalue weighted by atomic mass is 16.3. The minimum atomic E-state index is -0.231. The van der Waals surface area contributed by atoms with Crippen molar-refractivity contribution in [2.75, 3.05) is 6.61 Å². The van der Waals surface area contributed by atoms with Crippen molar-refractivity contribution in [2.24, 2.45) is 5.92 Å². The minimum absolute atomic E-state index is 0.0507. The zero-order valence-electron chi connectivity index (χ0n) is 14.3. The first-order valence-electron chi connectivity index (χ1n) is 8.48. The number of aliphatic hydroxyl groups is 1. The van der Waals surface area contributed by atoms with Crippen LogP contribution in [0.2, 0.25) is 0 Å². The van der Waals surface area contributed by atoms with E-state index < -0.39 is 0 Å². The molecule has 1 aromatic carbocycles. The molecule has 0 heterocycles. The van der Waals surface area contributed by atoms with E-state index in [1.165, 1.54) is 6.08 Å². The van der Waals surface area contributed by atoms with E-state index in [1.54, 1.807) is 18.2 Å². The SMILES string of the molecule is CC(C)CC(CO)NC(=O)/C=C/c1ccc(C(=O)NC2CC2)cc1. The fourth-order valence-electron chi connectivity index (χ4n) is 2.41. The van der Waals surface area contributed by atoms with Crippen LogP contribution in [0.15, 0.2) is 30.3 Å². The van der Waals surface area contributed by atoms with E-state index in [0.717, 1.165) is 24.8 Å². The molecule has 1 atom stereocenters. The molecule has 24 heavy (non-hydrogen) atoms. The molecule has 0 saturated heterocycles. The number of amides is 2. The normalized spacial score (nSPS) is 15.5. The second kappa shape index (κ2) is 8.64. The Balaban J connectivity index is 1.86. The zero-order chi connectivity index (χ0) is 17.5. The summed E-state index contributed by atoms with van der Waals surface area (Å²) in [4.78, 5) is 23.8. The van der Waals surface area contributed by atoms with Gasteiger partial charge in [-0.15, -0.1) is 0 Å². The second-order valence-corrected chi connectivity index (χ2v) is 6.72. The molecule has 1 aliphatic carbocycles. The van der Waals surface area contributed by atoms with Crippen molar-refractivity contribution in [3.05, 3.63) is 41.5 Å². The molecule has 0 aliphatic heterocycles. The maximum absolute atomic E-state index is 11.9. The Kier molecular flexibility index (Phi) is 6.55. The molecule has 2 amide bonds. The van der Waals surface area contributed by atoms with Crippen molar-refractivity contribution < 1.29 is 14.7 Å². The second-order valence-electron chi connectivity index (χ2n) is 6.72. The van der Waals surface area contributed by atoms with E-state index in [1.807, 2.05) is 26.0 Å². The molecule has 3 N–H and O–H groups in total. The van der Waals surface area contributed by atoms with Gasteiger partial charge in [-0.3, -0.25) is 9.59 Å². The molecule has 2 rings (SSSR count). The van der Waals surface area contributed by atoms with Crippen LogP contribution in [-0.2, 0) is 4.79 Å². The number of nitrogens with one attached hydrogen (secondary N) is 2. The maximum Gasteiger partial charge on any atom is 0.251 e. The molecule has 0 radical (unpaired) electrons. The maximum atomic E-state index is 11.9. The van der Waals surface area contributed by atoms with Gasteiger partial charge in [0.15, 0.2) is 0 Å². The van der Waals surface area contributed by atoms with Crippen LogP contribution in [-0.4, -0.2) is 35.6 Å². The highest BCUT2D eigenvalue weighted by Gasteiger charge is 2.23. The number of aliphatic hydroxyl groups excluding tert-OH is 1. The summed E-state index contributed by atoms with van der Waals surface area (Å²) in [5.41, 5.74) is 1.47. The summed E-state index contributed by atoms with van der Waals surface area (Å²) < 4.78 is 0. The fraction of sp³-hybridized carbons (Fsp3) is 0.474. The van der Waals surface area contributed by atoms with Gasteiger partial charge in [-0.2, -0.15) is 0 Å². The van der Waals surface area contributed by atoms with E-state index in [-0.39, 0.29) is 24.5 Å². The van der Waals surface area contributed by atoms with E-state index in [0.29, 0.717) is 17.5 Å². The minimum Gasteiger partial charge on any atom is -0.394 e. The molecule has 5 nitrogen and oxygen atoms in total. The monoisotopic (exact) mass is 330 g/mol. The van der Waals surface area contributed by atoms with Crippen LogP contribution < -0.4 is 10.6 Å². The number of carbonyl (C=O) groups is 2. The molecule has 1 aliphatic rings. The summed E-state index contributed by atoms with van der Waals surface area (Å²) >= 11 is 0. The summed E-state index contributed by atoms with van der Waals surface area (Å²) in [6.45, 7) is 4.03. The van der Waals surface area contributed by atoms with Gasteiger partial charge in [0.2, 0.25) is 5.91 Å². The smallest absolute Gasteiger partial charge is 0.251 e. The Bertz CT molecular complexity index is 589. The molecule has 1 aromatic rings. The molecule has 5 heteroatoms. The lowest BCUT2D eigenvalue weighted by atomic mass is 10.0. The van der Waals surface area contributed by atoms with E-state index in [4.69, 9.17) is 0 Å². The predicted octanol–water partition coefficient (Wildman–Crippen LogP) is 2.12. The van der Waals surface area contributed by atoms with E-state index in [9.17, 15) is 14.7 Å². The third kappa shape index (κ3) is 6.16. The number of rotatable bonds is 8. The molecular weight excluding hydrogens is 304 g/mol. The van der Waals surface area contributed by atoms with Gasteiger partial charge in [0.25, 0.3) is 5.91 Å². The van der Waals surface area contributed by atoms with Gasteiger partial charge in [0, 0.05) is 17.7 Å². The van der Waals surface area contributed by atoms with Crippen molar-refractivity contribution in [3.8, 4) is 0 Å². The van der Waals surface area contributed by atoms with E-state index in [2.05, 4.69) is 10.6 Å². The molecule has 0 bridgehead atoms. The Morgan fingerprint density at radius 3 is 2.46 bits per heavy atom. The zero-order valence-corrected chi connectivity index (χ0v) is 14.3. The summed E-state index contributed by atoms with van der Waals surface area (Å²) in [6, 6.07) is 7.24. The van der Waals surface area contributed by atoms with Crippen LogP contribution in [0.25, 0.3) is 6.08 Å². The highest BCUT2D eigenvalue weighted by molar-refractivity contribution is 5.95. The number of hydrogen-bond donors (Lipinski definition) is 3. The average Bonchev–Trinajstić information content (AvgIpc) is 3.36. The molecular formula is C19H26N2O3. The summed E-state index contributed by atoms with van der Waals surface area (Å²) in [6.07, 6.45) is 6.01. The van der Waals surface area contributed by atoms with Crippen LogP contribution in [0.3, 0.4) is 0 Å². The Morgan fingerprint density at radius 2 is 1.92 bits per heavy atom. The van der Waals surface area contributed by atoms with Gasteiger partial charge in [0.05, 0.1) is 12.6 Å². The van der Waals surface area contributed by atoms with E-state index >= 15 is 0 Å². The molecule has 0 aromatic heterocycles. The lowest BCUT2D eigenvalue weighted by Crippen LogP contribution is -2.37. The molecule has 1 saturated carbocycles. The Morgan fingerprint density at radius 1 is 1.25 bits per heavy atom. The van der Waals surface area contributed by atoms with Crippen LogP contribution in [0.4, 0.5) is 0 Å². The van der Waals surface area contributed by atoms with Crippen LogP contribution in [0, 0.1) is 5.92 Å². The predicted molar refractivity (Wildman–Crippen MR) is 94.4 cm³/mol. The Labute approximate surface area is 143 Å². The first-order valence-corrected chi connectivity index (χ1v) is 8.48. The number of benzene rings is 1. The lowest BCUT2D eigenvalue weighted by Gasteiger charge is -2.17. The first-order chi connectivity index (χ1) is 11.5. The van der Waals surface area contributed by atoms with Crippen molar-refractivity contribution in [2.45, 2.75) is 45.2 Å². The van der Waals surface area contributed by atoms with Crippen LogP contribution in [0.5, 0.6) is 0 Å². The average molecular weight is 330 g/mol. The summed E-state index contributed by atoms with van der Waals surface area (Å²) in [5, 5.41) is 15.0. The lowest BCUT2D eigenvalue weighted by molar-refractivity contribution is -0.117. The fourth-order valence-corrected chi connectivity index (χ4v) is 2.41. The molecule has 0 spiro atoms. The first kappa shape index (κ1) is 18.2. The van der Waals surface area contributed by atoms with Crippen LogP contribution in [0.1, 0.15) is 49.0 Å². The quantitative estimate of drug-likeness (QED) is 0.639. The standard InChI is InChI=1S/C19H26N2O3/c1-13(2)11-17(12-22)20-18(23)10-5-14-3-6-15(7-4-14)19(24)21-16-8-9-16/h3-7,10,13,16-17,22H,8-9,11-12H2,1-2H3,(H,20,23)(H,21,24)/b10-5+. The van der Waals surface area contributed by atoms with Crippen molar-refractivity contribution in [1.82, 2.24) is 10.6 Å². The van der Waals surface area contributed by atoms with Gasteiger partial charge in [-0.25, -0.2) is 0 Å². The number of carbonyl (C=O) groups excluding carboxylic acids is 2. The van der Waals surface area contributed by atoms with Gasteiger partial charge in [-0.05, 0) is 49.0 Å².